The molecular formula is C27H22BrN3O. The van der Waals surface area contributed by atoms with E-state index < -0.39 is 0 Å². The van der Waals surface area contributed by atoms with E-state index in [0.29, 0.717) is 12.1 Å². The predicted octanol–water partition coefficient (Wildman–Crippen LogP) is 6.49. The van der Waals surface area contributed by atoms with Crippen molar-refractivity contribution < 1.29 is 4.79 Å². The Hall–Kier alpha value is -3.44. The number of nitrogens with one attached hydrogen (secondary N) is 1. The number of carbonyl (C=O) groups excluding carboxylic acids is 1. The Morgan fingerprint density at radius 3 is 2.47 bits per heavy atom. The van der Waals surface area contributed by atoms with E-state index in [4.69, 9.17) is 4.98 Å². The summed E-state index contributed by atoms with van der Waals surface area (Å²) in [6.45, 7) is 2.66. The lowest BCUT2D eigenvalue weighted by atomic mass is 10.1. The van der Waals surface area contributed by atoms with Gasteiger partial charge < -0.3 is 9.88 Å². The minimum Gasteiger partial charge on any atom is -0.342 e. The topological polar surface area (TPSA) is 46.9 Å². The second kappa shape index (κ2) is 8.60. The van der Waals surface area contributed by atoms with Crippen LogP contribution in [0.5, 0.6) is 0 Å². The van der Waals surface area contributed by atoms with Crippen molar-refractivity contribution in [3.8, 4) is 0 Å². The third-order valence-electron chi connectivity index (χ3n) is 5.68. The fourth-order valence-corrected chi connectivity index (χ4v) is 4.32. The summed E-state index contributed by atoms with van der Waals surface area (Å²) < 4.78 is 3.14. The molecule has 0 saturated heterocycles. The average Bonchev–Trinajstić information content (AvgIpc) is 3.18. The van der Waals surface area contributed by atoms with Gasteiger partial charge in [-0.15, -0.1) is 0 Å². The highest BCUT2D eigenvalue weighted by Crippen LogP contribution is 2.24. The maximum atomic E-state index is 12.8. The molecule has 0 aliphatic heterocycles. The first-order valence-corrected chi connectivity index (χ1v) is 11.4. The molecule has 0 aliphatic carbocycles. The van der Waals surface area contributed by atoms with Gasteiger partial charge >= 0.3 is 0 Å². The van der Waals surface area contributed by atoms with Crippen LogP contribution in [0.2, 0.25) is 0 Å². The molecule has 1 aromatic heterocycles. The number of para-hydroxylation sites is 2. The van der Waals surface area contributed by atoms with Crippen LogP contribution in [0.3, 0.4) is 0 Å². The Balaban J connectivity index is 1.49. The molecule has 0 fully saturated rings. The van der Waals surface area contributed by atoms with Gasteiger partial charge in [-0.2, -0.15) is 0 Å². The number of benzene rings is 4. The number of hydrogen-bond donors (Lipinski definition) is 1. The van der Waals surface area contributed by atoms with Crippen molar-refractivity contribution in [1.29, 1.82) is 0 Å². The van der Waals surface area contributed by atoms with E-state index >= 15 is 0 Å². The van der Waals surface area contributed by atoms with E-state index in [9.17, 15) is 4.79 Å². The predicted molar refractivity (Wildman–Crippen MR) is 133 cm³/mol. The van der Waals surface area contributed by atoms with Crippen molar-refractivity contribution in [3.05, 3.63) is 112 Å². The highest BCUT2D eigenvalue weighted by Gasteiger charge is 2.19. The molecule has 1 amide bonds. The molecule has 1 N–H and O–H groups in total. The van der Waals surface area contributed by atoms with E-state index in [1.165, 1.54) is 16.3 Å². The van der Waals surface area contributed by atoms with Gasteiger partial charge in [0.25, 0.3) is 5.91 Å². The molecule has 5 aromatic rings. The SMILES string of the molecule is CC(NC(=O)c1ccc(Br)cc1)c1nc2ccccc2n1Cc1ccc2ccccc2c1. The van der Waals surface area contributed by atoms with E-state index in [1.54, 1.807) is 0 Å². The maximum Gasteiger partial charge on any atom is 0.251 e. The molecule has 4 aromatic carbocycles. The normalized spacial score (nSPS) is 12.2. The van der Waals surface area contributed by atoms with Crippen LogP contribution in [0.1, 0.15) is 34.7 Å². The van der Waals surface area contributed by atoms with Crippen LogP contribution in [0, 0.1) is 0 Å². The van der Waals surface area contributed by atoms with Gasteiger partial charge in [0, 0.05) is 16.6 Å². The highest BCUT2D eigenvalue weighted by atomic mass is 79.9. The summed E-state index contributed by atoms with van der Waals surface area (Å²) in [4.78, 5) is 17.7. The van der Waals surface area contributed by atoms with Crippen molar-refractivity contribution in [2.75, 3.05) is 0 Å². The molecule has 0 saturated carbocycles. The van der Waals surface area contributed by atoms with Crippen LogP contribution < -0.4 is 5.32 Å². The minimum atomic E-state index is -0.251. The first kappa shape index (κ1) is 20.5. The second-order valence-corrected chi connectivity index (χ2v) is 8.84. The van der Waals surface area contributed by atoms with Gasteiger partial charge in [0.2, 0.25) is 0 Å². The monoisotopic (exact) mass is 483 g/mol. The van der Waals surface area contributed by atoms with Gasteiger partial charge in [0.15, 0.2) is 0 Å². The molecule has 32 heavy (non-hydrogen) atoms. The van der Waals surface area contributed by atoms with Crippen molar-refractivity contribution in [2.45, 2.75) is 19.5 Å². The zero-order valence-corrected chi connectivity index (χ0v) is 19.2. The van der Waals surface area contributed by atoms with E-state index in [2.05, 4.69) is 74.3 Å². The molecule has 0 spiro atoms. The molecule has 5 heteroatoms. The van der Waals surface area contributed by atoms with Crippen molar-refractivity contribution in [3.63, 3.8) is 0 Å². The maximum absolute atomic E-state index is 12.8. The number of amides is 1. The smallest absolute Gasteiger partial charge is 0.251 e. The van der Waals surface area contributed by atoms with Gasteiger partial charge in [0.1, 0.15) is 5.82 Å². The largest absolute Gasteiger partial charge is 0.342 e. The van der Waals surface area contributed by atoms with Gasteiger partial charge in [-0.1, -0.05) is 64.5 Å². The van der Waals surface area contributed by atoms with E-state index in [-0.39, 0.29) is 11.9 Å². The molecule has 158 valence electrons. The summed E-state index contributed by atoms with van der Waals surface area (Å²) in [5.41, 5.74) is 3.80. The Kier molecular flexibility index (Phi) is 5.50. The summed E-state index contributed by atoms with van der Waals surface area (Å²) >= 11 is 3.41. The van der Waals surface area contributed by atoms with Crippen LogP contribution in [0.4, 0.5) is 0 Å². The average molecular weight is 484 g/mol. The van der Waals surface area contributed by atoms with Crippen LogP contribution in [-0.2, 0) is 6.54 Å². The molecule has 0 bridgehead atoms. The molecule has 1 heterocycles. The van der Waals surface area contributed by atoms with E-state index in [0.717, 1.165) is 21.3 Å². The van der Waals surface area contributed by atoms with Gasteiger partial charge in [-0.3, -0.25) is 4.79 Å². The van der Waals surface area contributed by atoms with Crippen molar-refractivity contribution >= 4 is 43.6 Å². The molecule has 1 atom stereocenters. The van der Waals surface area contributed by atoms with Crippen LogP contribution in [0.15, 0.2) is 95.5 Å². The molecule has 5 rings (SSSR count). The number of imidazole rings is 1. The Bertz CT molecular complexity index is 1420. The fourth-order valence-electron chi connectivity index (χ4n) is 4.06. The molecule has 0 radical (unpaired) electrons. The van der Waals surface area contributed by atoms with Crippen molar-refractivity contribution in [2.24, 2.45) is 0 Å². The van der Waals surface area contributed by atoms with Gasteiger partial charge in [0.05, 0.1) is 17.1 Å². The lowest BCUT2D eigenvalue weighted by molar-refractivity contribution is 0.0937. The Morgan fingerprint density at radius 2 is 1.66 bits per heavy atom. The zero-order valence-electron chi connectivity index (χ0n) is 17.6. The summed E-state index contributed by atoms with van der Waals surface area (Å²) in [5.74, 6) is 0.721. The third kappa shape index (κ3) is 4.04. The second-order valence-electron chi connectivity index (χ2n) is 7.93. The van der Waals surface area contributed by atoms with Crippen LogP contribution in [0.25, 0.3) is 21.8 Å². The summed E-state index contributed by atoms with van der Waals surface area (Å²) in [6, 6.07) is 30.1. The first-order valence-electron chi connectivity index (χ1n) is 10.6. The standard InChI is InChI=1S/C27H22BrN3O/c1-18(29-27(32)21-12-14-23(28)15-13-21)26-30-24-8-4-5-9-25(24)31(26)17-19-10-11-20-6-2-3-7-22(20)16-19/h2-16,18H,17H2,1H3,(H,29,32). The molecule has 1 unspecified atom stereocenters. The highest BCUT2D eigenvalue weighted by molar-refractivity contribution is 9.10. The summed E-state index contributed by atoms with van der Waals surface area (Å²) in [5, 5.41) is 5.55. The van der Waals surface area contributed by atoms with Gasteiger partial charge in [-0.25, -0.2) is 4.98 Å². The number of halogens is 1. The van der Waals surface area contributed by atoms with Crippen molar-refractivity contribution in [1.82, 2.24) is 14.9 Å². The molecule has 4 nitrogen and oxygen atoms in total. The zero-order chi connectivity index (χ0) is 22.1. The number of nitrogens with zero attached hydrogens (tertiary/aromatic N) is 2. The number of hydrogen-bond acceptors (Lipinski definition) is 2. The number of carbonyl (C=O) groups is 1. The number of fused-ring (bicyclic) bond motifs is 2. The fraction of sp³-hybridized carbons (Fsp3) is 0.111. The summed E-state index contributed by atoms with van der Waals surface area (Å²) in [6.07, 6.45) is 0. The van der Waals surface area contributed by atoms with E-state index in [1.807, 2.05) is 49.4 Å². The third-order valence-corrected chi connectivity index (χ3v) is 6.21. The van der Waals surface area contributed by atoms with Gasteiger partial charge in [-0.05, 0) is 65.7 Å². The Labute approximate surface area is 195 Å². The number of rotatable bonds is 5. The van der Waals surface area contributed by atoms with Crippen LogP contribution in [-0.4, -0.2) is 15.5 Å². The lowest BCUT2D eigenvalue weighted by Crippen LogP contribution is -2.28. The lowest BCUT2D eigenvalue weighted by Gasteiger charge is -2.17. The Morgan fingerprint density at radius 1 is 0.938 bits per heavy atom. The molecule has 0 aliphatic rings. The minimum absolute atomic E-state index is 0.116. The molecular weight excluding hydrogens is 462 g/mol. The quantitative estimate of drug-likeness (QED) is 0.310. The number of aromatic nitrogens is 2. The summed E-state index contributed by atoms with van der Waals surface area (Å²) in [7, 11) is 0. The van der Waals surface area contributed by atoms with Crippen LogP contribution >= 0.6 is 15.9 Å². The first-order chi connectivity index (χ1) is 15.6.